The van der Waals surface area contributed by atoms with Crippen molar-refractivity contribution in [1.82, 2.24) is 0 Å². The normalized spacial score (nSPS) is 22.3. The maximum atomic E-state index is 10.4. The highest BCUT2D eigenvalue weighted by molar-refractivity contribution is 5.32. The van der Waals surface area contributed by atoms with Crippen LogP contribution in [0.25, 0.3) is 0 Å². The van der Waals surface area contributed by atoms with Crippen molar-refractivity contribution in [3.63, 3.8) is 0 Å². The van der Waals surface area contributed by atoms with Gasteiger partial charge in [0.2, 0.25) is 0 Å². The van der Waals surface area contributed by atoms with E-state index in [9.17, 15) is 5.11 Å². The first kappa shape index (κ1) is 13.6. The average molecular weight is 248 g/mol. The van der Waals surface area contributed by atoms with Gasteiger partial charge in [-0.3, -0.25) is 0 Å². The van der Waals surface area contributed by atoms with Crippen LogP contribution in [0.4, 0.5) is 0 Å². The Kier molecular flexibility index (Phi) is 4.41. The van der Waals surface area contributed by atoms with E-state index in [1.54, 1.807) is 0 Å². The van der Waals surface area contributed by atoms with Crippen LogP contribution in [0.15, 0.2) is 24.3 Å². The van der Waals surface area contributed by atoms with E-state index in [0.717, 1.165) is 6.42 Å². The molecule has 0 fully saturated rings. The van der Waals surface area contributed by atoms with Gasteiger partial charge in [-0.05, 0) is 56.6 Å². The molecular weight excluding hydrogens is 224 g/mol. The molecule has 1 aromatic carbocycles. The fourth-order valence-corrected chi connectivity index (χ4v) is 2.98. The minimum atomic E-state index is -0.717. The first-order valence-corrected chi connectivity index (χ1v) is 7.00. The Morgan fingerprint density at radius 2 is 2.17 bits per heavy atom. The van der Waals surface area contributed by atoms with Crippen LogP contribution < -0.4 is 0 Å². The first-order valence-electron chi connectivity index (χ1n) is 7.00. The molecule has 2 rings (SSSR count). The maximum absolute atomic E-state index is 10.4. The van der Waals surface area contributed by atoms with E-state index in [1.165, 1.54) is 30.4 Å². The summed E-state index contributed by atoms with van der Waals surface area (Å²) in [6, 6.07) is 8.66. The average Bonchev–Trinajstić information content (AvgIpc) is 2.37. The van der Waals surface area contributed by atoms with E-state index in [-0.39, 0.29) is 0 Å². The van der Waals surface area contributed by atoms with Crippen molar-refractivity contribution in [3.8, 4) is 0 Å². The van der Waals surface area contributed by atoms with E-state index in [4.69, 9.17) is 4.74 Å². The summed E-state index contributed by atoms with van der Waals surface area (Å²) in [5.41, 5.74) is 2.17. The molecule has 0 aliphatic heterocycles. The summed E-state index contributed by atoms with van der Waals surface area (Å²) in [4.78, 5) is 0. The number of aryl methyl sites for hydroxylation is 1. The summed E-state index contributed by atoms with van der Waals surface area (Å²) in [6.07, 6.45) is 4.38. The zero-order chi connectivity index (χ0) is 13.0. The number of rotatable bonds is 5. The summed E-state index contributed by atoms with van der Waals surface area (Å²) >= 11 is 0. The zero-order valence-electron chi connectivity index (χ0n) is 11.5. The van der Waals surface area contributed by atoms with Gasteiger partial charge < -0.3 is 9.84 Å². The Morgan fingerprint density at radius 3 is 2.94 bits per heavy atom. The van der Waals surface area contributed by atoms with Crippen LogP contribution in [0, 0.1) is 0 Å². The second kappa shape index (κ2) is 5.85. The molecule has 0 heterocycles. The van der Waals surface area contributed by atoms with Crippen molar-refractivity contribution >= 4 is 0 Å². The van der Waals surface area contributed by atoms with Crippen molar-refractivity contribution in [2.45, 2.75) is 51.0 Å². The third kappa shape index (κ3) is 3.33. The topological polar surface area (TPSA) is 29.5 Å². The van der Waals surface area contributed by atoms with E-state index >= 15 is 0 Å². The molecule has 2 nitrogen and oxygen atoms in total. The van der Waals surface area contributed by atoms with Crippen LogP contribution in [-0.4, -0.2) is 23.9 Å². The van der Waals surface area contributed by atoms with E-state index in [2.05, 4.69) is 24.3 Å². The van der Waals surface area contributed by atoms with Gasteiger partial charge in [-0.2, -0.15) is 0 Å². The number of hydrogen-bond donors (Lipinski definition) is 1. The van der Waals surface area contributed by atoms with Crippen molar-refractivity contribution in [3.05, 3.63) is 35.4 Å². The number of fused-ring (bicyclic) bond motifs is 1. The zero-order valence-corrected chi connectivity index (χ0v) is 11.5. The molecule has 0 spiro atoms. The van der Waals surface area contributed by atoms with Gasteiger partial charge in [0.15, 0.2) is 0 Å². The highest BCUT2D eigenvalue weighted by atomic mass is 16.5. The summed E-state index contributed by atoms with van der Waals surface area (Å²) in [5.74, 6) is 0.477. The number of benzene rings is 1. The van der Waals surface area contributed by atoms with Gasteiger partial charge in [0.1, 0.15) is 0 Å². The molecule has 0 saturated heterocycles. The van der Waals surface area contributed by atoms with Gasteiger partial charge in [0, 0.05) is 6.61 Å². The molecule has 18 heavy (non-hydrogen) atoms. The van der Waals surface area contributed by atoms with Crippen molar-refractivity contribution < 1.29 is 9.84 Å². The fourth-order valence-electron chi connectivity index (χ4n) is 2.98. The molecule has 100 valence electrons. The molecule has 1 aromatic rings. The second-order valence-corrected chi connectivity index (χ2v) is 5.63. The van der Waals surface area contributed by atoms with Crippen molar-refractivity contribution in [1.29, 1.82) is 0 Å². The Balaban J connectivity index is 2.06. The molecule has 0 radical (unpaired) electrons. The molecule has 1 aliphatic rings. The fraction of sp³-hybridized carbons (Fsp3) is 0.625. The van der Waals surface area contributed by atoms with Crippen LogP contribution in [-0.2, 0) is 11.2 Å². The lowest BCUT2D eigenvalue weighted by Crippen LogP contribution is -2.33. The van der Waals surface area contributed by atoms with Gasteiger partial charge in [-0.1, -0.05) is 24.3 Å². The van der Waals surface area contributed by atoms with Crippen LogP contribution in [0.2, 0.25) is 0 Å². The smallest absolute Gasteiger partial charge is 0.0858 e. The number of hydrogen-bond acceptors (Lipinski definition) is 2. The van der Waals surface area contributed by atoms with Gasteiger partial charge >= 0.3 is 0 Å². The SMILES string of the molecule is CCOCC(C)(O)CC1CCCc2ccccc21. The monoisotopic (exact) mass is 248 g/mol. The molecule has 0 saturated carbocycles. The predicted molar refractivity (Wildman–Crippen MR) is 73.9 cm³/mol. The summed E-state index contributed by atoms with van der Waals surface area (Å²) in [7, 11) is 0. The van der Waals surface area contributed by atoms with Crippen LogP contribution in [0.3, 0.4) is 0 Å². The molecule has 2 heteroatoms. The molecule has 2 unspecified atom stereocenters. The predicted octanol–water partition coefficient (Wildman–Crippen LogP) is 3.28. The molecule has 1 aliphatic carbocycles. The molecule has 0 amide bonds. The maximum Gasteiger partial charge on any atom is 0.0858 e. The minimum absolute atomic E-state index is 0.433. The Morgan fingerprint density at radius 1 is 1.39 bits per heavy atom. The molecule has 2 atom stereocenters. The van der Waals surface area contributed by atoms with Crippen LogP contribution in [0.5, 0.6) is 0 Å². The molecular formula is C16H24O2. The van der Waals surface area contributed by atoms with Gasteiger partial charge in [-0.25, -0.2) is 0 Å². The van der Waals surface area contributed by atoms with E-state index < -0.39 is 5.60 Å². The number of aliphatic hydroxyl groups is 1. The van der Waals surface area contributed by atoms with Gasteiger partial charge in [-0.15, -0.1) is 0 Å². The quantitative estimate of drug-likeness (QED) is 0.866. The largest absolute Gasteiger partial charge is 0.388 e. The summed E-state index contributed by atoms with van der Waals surface area (Å²) in [5, 5.41) is 10.4. The number of ether oxygens (including phenoxy) is 1. The standard InChI is InChI=1S/C16H24O2/c1-3-18-12-16(2,17)11-14-9-6-8-13-7-4-5-10-15(13)14/h4-5,7,10,14,17H,3,6,8-9,11-12H2,1-2H3. The lowest BCUT2D eigenvalue weighted by atomic mass is 9.77. The molecule has 1 N–H and O–H groups in total. The second-order valence-electron chi connectivity index (χ2n) is 5.63. The van der Waals surface area contributed by atoms with E-state index in [1.807, 2.05) is 13.8 Å². The molecule has 0 bridgehead atoms. The van der Waals surface area contributed by atoms with Gasteiger partial charge in [0.05, 0.1) is 12.2 Å². The summed E-state index contributed by atoms with van der Waals surface area (Å²) in [6.45, 7) is 4.95. The lowest BCUT2D eigenvalue weighted by Gasteiger charge is -2.32. The highest BCUT2D eigenvalue weighted by Crippen LogP contribution is 2.36. The third-order valence-corrected chi connectivity index (χ3v) is 3.80. The molecule has 0 aromatic heterocycles. The van der Waals surface area contributed by atoms with Gasteiger partial charge in [0.25, 0.3) is 0 Å². The van der Waals surface area contributed by atoms with Crippen LogP contribution >= 0.6 is 0 Å². The first-order chi connectivity index (χ1) is 8.62. The lowest BCUT2D eigenvalue weighted by molar-refractivity contribution is -0.0405. The van der Waals surface area contributed by atoms with Crippen molar-refractivity contribution in [2.75, 3.05) is 13.2 Å². The Labute approximate surface area is 110 Å². The minimum Gasteiger partial charge on any atom is -0.388 e. The van der Waals surface area contributed by atoms with Crippen molar-refractivity contribution in [2.24, 2.45) is 0 Å². The van der Waals surface area contributed by atoms with E-state index in [0.29, 0.717) is 19.1 Å². The highest BCUT2D eigenvalue weighted by Gasteiger charge is 2.29. The Hall–Kier alpha value is -0.860. The summed E-state index contributed by atoms with van der Waals surface area (Å²) < 4.78 is 5.38. The van der Waals surface area contributed by atoms with Crippen LogP contribution in [0.1, 0.15) is 50.2 Å². The Bertz CT molecular complexity index is 384. The third-order valence-electron chi connectivity index (χ3n) is 3.80.